The lowest BCUT2D eigenvalue weighted by atomic mass is 10.1. The van der Waals surface area contributed by atoms with Crippen LogP contribution >= 0.6 is 0 Å². The summed E-state index contributed by atoms with van der Waals surface area (Å²) in [6.45, 7) is 2.02. The van der Waals surface area contributed by atoms with Crippen LogP contribution in [0.2, 0.25) is 0 Å². The van der Waals surface area contributed by atoms with E-state index in [-0.39, 0.29) is 0 Å². The molecule has 0 saturated heterocycles. The standard InChI is InChI=1S/C8H8N2/c1-7-3-2-4-10-8(5-7)6-9/h2-5,7H,1H3. The second-order valence-corrected chi connectivity index (χ2v) is 2.19. The zero-order valence-electron chi connectivity index (χ0n) is 5.78. The molecule has 0 spiro atoms. The van der Waals surface area contributed by atoms with Crippen LogP contribution in [0.25, 0.3) is 0 Å². The fourth-order valence-electron chi connectivity index (χ4n) is 0.762. The second kappa shape index (κ2) is 2.98. The molecule has 2 heteroatoms. The summed E-state index contributed by atoms with van der Waals surface area (Å²) in [4.78, 5) is 3.88. The highest BCUT2D eigenvalue weighted by atomic mass is 14.7. The minimum absolute atomic E-state index is 0.317. The Morgan fingerprint density at radius 1 is 1.70 bits per heavy atom. The zero-order valence-corrected chi connectivity index (χ0v) is 5.78. The van der Waals surface area contributed by atoms with Gasteiger partial charge in [0, 0.05) is 6.21 Å². The van der Waals surface area contributed by atoms with Crippen LogP contribution in [0, 0.1) is 17.2 Å². The van der Waals surface area contributed by atoms with Gasteiger partial charge in [0.1, 0.15) is 11.8 Å². The third-order valence-electron chi connectivity index (χ3n) is 1.25. The van der Waals surface area contributed by atoms with E-state index in [4.69, 9.17) is 5.26 Å². The fourth-order valence-corrected chi connectivity index (χ4v) is 0.762. The van der Waals surface area contributed by atoms with Gasteiger partial charge in [0.05, 0.1) is 0 Å². The predicted octanol–water partition coefficient (Wildman–Crippen LogP) is 1.67. The molecule has 2 nitrogen and oxygen atoms in total. The first-order chi connectivity index (χ1) is 4.83. The molecule has 0 amide bonds. The number of rotatable bonds is 0. The Morgan fingerprint density at radius 3 is 3.20 bits per heavy atom. The van der Waals surface area contributed by atoms with Crippen LogP contribution in [0.1, 0.15) is 6.92 Å². The molecular formula is C8H8N2. The highest BCUT2D eigenvalue weighted by Gasteiger charge is 1.97. The highest BCUT2D eigenvalue weighted by Crippen LogP contribution is 2.07. The van der Waals surface area contributed by atoms with E-state index in [9.17, 15) is 0 Å². The number of nitrogens with zero attached hydrogens (tertiary/aromatic N) is 2. The van der Waals surface area contributed by atoms with Gasteiger partial charge >= 0.3 is 0 Å². The summed E-state index contributed by atoms with van der Waals surface area (Å²) in [7, 11) is 0. The van der Waals surface area contributed by atoms with Gasteiger partial charge in [-0.25, -0.2) is 4.99 Å². The summed E-state index contributed by atoms with van der Waals surface area (Å²) >= 11 is 0. The van der Waals surface area contributed by atoms with E-state index in [1.807, 2.05) is 31.2 Å². The van der Waals surface area contributed by atoms with Gasteiger partial charge in [-0.1, -0.05) is 13.0 Å². The van der Waals surface area contributed by atoms with Crippen molar-refractivity contribution in [1.29, 1.82) is 5.26 Å². The summed E-state index contributed by atoms with van der Waals surface area (Å²) in [5.74, 6) is 0.317. The Balaban J connectivity index is 2.87. The minimum atomic E-state index is 0.317. The van der Waals surface area contributed by atoms with Gasteiger partial charge in [0.2, 0.25) is 0 Å². The van der Waals surface area contributed by atoms with Crippen LogP contribution in [0.15, 0.2) is 28.9 Å². The molecule has 1 aliphatic heterocycles. The van der Waals surface area contributed by atoms with Crippen LogP contribution in [-0.2, 0) is 0 Å². The third kappa shape index (κ3) is 1.56. The van der Waals surface area contributed by atoms with Gasteiger partial charge in [-0.2, -0.15) is 5.26 Å². The molecular weight excluding hydrogens is 124 g/mol. The first-order valence-corrected chi connectivity index (χ1v) is 3.15. The average Bonchev–Trinajstić information content (AvgIpc) is 2.13. The van der Waals surface area contributed by atoms with Gasteiger partial charge < -0.3 is 0 Å². The van der Waals surface area contributed by atoms with Gasteiger partial charge in [-0.3, -0.25) is 0 Å². The maximum atomic E-state index is 8.47. The largest absolute Gasteiger partial charge is 0.246 e. The van der Waals surface area contributed by atoms with E-state index < -0.39 is 0 Å². The smallest absolute Gasteiger partial charge is 0.137 e. The van der Waals surface area contributed by atoms with Crippen LogP contribution < -0.4 is 0 Å². The summed E-state index contributed by atoms with van der Waals surface area (Å²) in [5, 5.41) is 8.47. The SMILES string of the molecule is CC1C=CC=NC(C#N)=C1. The lowest BCUT2D eigenvalue weighted by molar-refractivity contribution is 0.934. The van der Waals surface area contributed by atoms with E-state index in [1.165, 1.54) is 0 Å². The molecule has 0 aromatic rings. The van der Waals surface area contributed by atoms with E-state index in [0.717, 1.165) is 0 Å². The van der Waals surface area contributed by atoms with Crippen molar-refractivity contribution in [3.63, 3.8) is 0 Å². The molecule has 0 N–H and O–H groups in total. The lowest BCUT2D eigenvalue weighted by Gasteiger charge is -1.92. The van der Waals surface area contributed by atoms with E-state index in [1.54, 1.807) is 6.21 Å². The first kappa shape index (κ1) is 6.76. The molecule has 0 saturated carbocycles. The molecule has 0 aromatic carbocycles. The Kier molecular flexibility index (Phi) is 2.01. The highest BCUT2D eigenvalue weighted by molar-refractivity contribution is 5.73. The van der Waals surface area contributed by atoms with E-state index >= 15 is 0 Å². The van der Waals surface area contributed by atoms with Gasteiger partial charge in [-0.15, -0.1) is 0 Å². The number of nitriles is 1. The van der Waals surface area contributed by atoms with Crippen LogP contribution in [0.3, 0.4) is 0 Å². The first-order valence-electron chi connectivity index (χ1n) is 3.15. The Bertz CT molecular complexity index is 240. The molecule has 1 atom stereocenters. The number of allylic oxidation sites excluding steroid dienone is 4. The van der Waals surface area contributed by atoms with Crippen LogP contribution in [0.4, 0.5) is 0 Å². The Hall–Kier alpha value is -1.36. The van der Waals surface area contributed by atoms with Gasteiger partial charge in [-0.05, 0) is 18.1 Å². The van der Waals surface area contributed by atoms with Crippen molar-refractivity contribution in [3.8, 4) is 6.07 Å². The summed E-state index contributed by atoms with van der Waals surface area (Å²) in [6, 6.07) is 2.00. The van der Waals surface area contributed by atoms with Crippen molar-refractivity contribution in [2.45, 2.75) is 6.92 Å². The average molecular weight is 132 g/mol. The topological polar surface area (TPSA) is 36.1 Å². The Morgan fingerprint density at radius 2 is 2.50 bits per heavy atom. The second-order valence-electron chi connectivity index (χ2n) is 2.19. The lowest BCUT2D eigenvalue weighted by Crippen LogP contribution is -1.81. The van der Waals surface area contributed by atoms with Crippen molar-refractivity contribution in [3.05, 3.63) is 23.9 Å². The third-order valence-corrected chi connectivity index (χ3v) is 1.25. The molecule has 0 radical (unpaired) electrons. The van der Waals surface area contributed by atoms with Crippen molar-refractivity contribution >= 4 is 6.21 Å². The number of hydrogen-bond donors (Lipinski definition) is 0. The molecule has 1 aliphatic rings. The summed E-state index contributed by atoms with van der Waals surface area (Å²) in [5.41, 5.74) is 0.498. The van der Waals surface area contributed by atoms with Crippen molar-refractivity contribution < 1.29 is 0 Å². The summed E-state index contributed by atoms with van der Waals surface area (Å²) < 4.78 is 0. The molecule has 0 fully saturated rings. The van der Waals surface area contributed by atoms with Gasteiger partial charge in [0.25, 0.3) is 0 Å². The predicted molar refractivity (Wildman–Crippen MR) is 40.5 cm³/mol. The van der Waals surface area contributed by atoms with E-state index in [0.29, 0.717) is 11.6 Å². The molecule has 10 heavy (non-hydrogen) atoms. The molecule has 0 aliphatic carbocycles. The molecule has 50 valence electrons. The monoisotopic (exact) mass is 132 g/mol. The molecule has 0 aromatic heterocycles. The maximum Gasteiger partial charge on any atom is 0.137 e. The number of aliphatic imine (C=N–C) groups is 1. The van der Waals surface area contributed by atoms with Crippen molar-refractivity contribution in [2.75, 3.05) is 0 Å². The molecule has 1 unspecified atom stereocenters. The van der Waals surface area contributed by atoms with E-state index in [2.05, 4.69) is 4.99 Å². The van der Waals surface area contributed by atoms with Crippen molar-refractivity contribution in [2.24, 2.45) is 10.9 Å². The Labute approximate surface area is 60.2 Å². The normalized spacial score (nSPS) is 23.2. The zero-order chi connectivity index (χ0) is 7.40. The minimum Gasteiger partial charge on any atom is -0.246 e. The number of hydrogen-bond acceptors (Lipinski definition) is 2. The summed E-state index contributed by atoms with van der Waals surface area (Å²) in [6.07, 6.45) is 7.32. The van der Waals surface area contributed by atoms with Gasteiger partial charge in [0.15, 0.2) is 0 Å². The fraction of sp³-hybridized carbons (Fsp3) is 0.250. The van der Waals surface area contributed by atoms with Crippen molar-refractivity contribution in [1.82, 2.24) is 0 Å². The molecule has 1 heterocycles. The van der Waals surface area contributed by atoms with Crippen LogP contribution in [-0.4, -0.2) is 6.21 Å². The maximum absolute atomic E-state index is 8.47. The molecule has 0 bridgehead atoms. The molecule has 1 rings (SSSR count). The quantitative estimate of drug-likeness (QED) is 0.494. The van der Waals surface area contributed by atoms with Crippen LogP contribution in [0.5, 0.6) is 0 Å².